The van der Waals surface area contributed by atoms with Gasteiger partial charge in [0.2, 0.25) is 0 Å². The molecule has 1 N–H and O–H groups in total. The monoisotopic (exact) mass is 198 g/mol. The standard InChI is InChI=1S/C12H26N2/c1-3-9-14(11-12-6-7-12)10-5-4-8-13-2/h12-13H,3-11H2,1-2H3. The summed E-state index contributed by atoms with van der Waals surface area (Å²) in [5.41, 5.74) is 0. The van der Waals surface area contributed by atoms with Gasteiger partial charge in [-0.25, -0.2) is 0 Å². The SMILES string of the molecule is CCCN(CCCCNC)CC1CC1. The van der Waals surface area contributed by atoms with Crippen LogP contribution in [-0.2, 0) is 0 Å². The summed E-state index contributed by atoms with van der Waals surface area (Å²) in [7, 11) is 2.04. The Labute approximate surface area is 89.1 Å². The lowest BCUT2D eigenvalue weighted by molar-refractivity contribution is 0.258. The lowest BCUT2D eigenvalue weighted by Crippen LogP contribution is -2.28. The van der Waals surface area contributed by atoms with Gasteiger partial charge in [-0.1, -0.05) is 6.92 Å². The van der Waals surface area contributed by atoms with Crippen molar-refractivity contribution in [2.24, 2.45) is 5.92 Å². The van der Waals surface area contributed by atoms with Gasteiger partial charge in [-0.3, -0.25) is 0 Å². The van der Waals surface area contributed by atoms with Crippen molar-refractivity contribution in [2.75, 3.05) is 33.2 Å². The highest BCUT2D eigenvalue weighted by Gasteiger charge is 2.23. The largest absolute Gasteiger partial charge is 0.320 e. The lowest BCUT2D eigenvalue weighted by Gasteiger charge is -2.21. The number of rotatable bonds is 9. The van der Waals surface area contributed by atoms with Crippen molar-refractivity contribution >= 4 is 0 Å². The quantitative estimate of drug-likeness (QED) is 0.571. The Kier molecular flexibility index (Phi) is 6.20. The fourth-order valence-corrected chi connectivity index (χ4v) is 1.91. The van der Waals surface area contributed by atoms with Crippen LogP contribution in [0.2, 0.25) is 0 Å². The third-order valence-electron chi connectivity index (χ3n) is 2.90. The zero-order valence-electron chi connectivity index (χ0n) is 9.89. The summed E-state index contributed by atoms with van der Waals surface area (Å²) in [6.07, 6.45) is 6.95. The molecule has 0 unspecified atom stereocenters. The van der Waals surface area contributed by atoms with E-state index in [2.05, 4.69) is 17.1 Å². The summed E-state index contributed by atoms with van der Waals surface area (Å²) in [4.78, 5) is 2.66. The second-order valence-electron chi connectivity index (χ2n) is 4.55. The van der Waals surface area contributed by atoms with E-state index < -0.39 is 0 Å². The molecule has 1 saturated carbocycles. The van der Waals surface area contributed by atoms with Gasteiger partial charge < -0.3 is 10.2 Å². The van der Waals surface area contributed by atoms with Crippen LogP contribution >= 0.6 is 0 Å². The molecule has 1 aliphatic carbocycles. The normalized spacial score (nSPS) is 16.5. The van der Waals surface area contributed by atoms with Gasteiger partial charge in [-0.2, -0.15) is 0 Å². The van der Waals surface area contributed by atoms with E-state index in [1.54, 1.807) is 0 Å². The van der Waals surface area contributed by atoms with Gasteiger partial charge in [0.05, 0.1) is 0 Å². The number of hydrogen-bond acceptors (Lipinski definition) is 2. The molecule has 2 nitrogen and oxygen atoms in total. The molecule has 0 saturated heterocycles. The highest BCUT2D eigenvalue weighted by atomic mass is 15.1. The molecule has 1 fully saturated rings. The summed E-state index contributed by atoms with van der Waals surface area (Å²) in [5.74, 6) is 1.05. The maximum absolute atomic E-state index is 3.21. The fraction of sp³-hybridized carbons (Fsp3) is 1.00. The van der Waals surface area contributed by atoms with Crippen molar-refractivity contribution < 1.29 is 0 Å². The van der Waals surface area contributed by atoms with Crippen molar-refractivity contribution in [3.63, 3.8) is 0 Å². The average Bonchev–Trinajstić information content (AvgIpc) is 2.96. The summed E-state index contributed by atoms with van der Waals surface area (Å²) >= 11 is 0. The van der Waals surface area contributed by atoms with E-state index in [-0.39, 0.29) is 0 Å². The van der Waals surface area contributed by atoms with E-state index in [1.165, 1.54) is 58.3 Å². The van der Waals surface area contributed by atoms with Gasteiger partial charge in [0, 0.05) is 6.54 Å². The smallest absolute Gasteiger partial charge is 0.000966 e. The zero-order chi connectivity index (χ0) is 10.2. The van der Waals surface area contributed by atoms with Crippen LogP contribution in [0.25, 0.3) is 0 Å². The number of unbranched alkanes of at least 4 members (excludes halogenated alkanes) is 1. The molecule has 0 aromatic heterocycles. The topological polar surface area (TPSA) is 15.3 Å². The molecule has 0 amide bonds. The molecule has 0 spiro atoms. The summed E-state index contributed by atoms with van der Waals surface area (Å²) in [6, 6.07) is 0. The first kappa shape index (κ1) is 12.0. The second kappa shape index (κ2) is 7.24. The van der Waals surface area contributed by atoms with Crippen molar-refractivity contribution in [2.45, 2.75) is 39.0 Å². The zero-order valence-corrected chi connectivity index (χ0v) is 9.89. The highest BCUT2D eigenvalue weighted by Crippen LogP contribution is 2.29. The second-order valence-corrected chi connectivity index (χ2v) is 4.55. The molecular weight excluding hydrogens is 172 g/mol. The van der Waals surface area contributed by atoms with Crippen LogP contribution in [0.15, 0.2) is 0 Å². The molecule has 0 radical (unpaired) electrons. The fourth-order valence-electron chi connectivity index (χ4n) is 1.91. The molecular formula is C12H26N2. The molecule has 0 atom stereocenters. The molecule has 0 aromatic carbocycles. The summed E-state index contributed by atoms with van der Waals surface area (Å²) < 4.78 is 0. The van der Waals surface area contributed by atoms with Crippen LogP contribution < -0.4 is 5.32 Å². The summed E-state index contributed by atoms with van der Waals surface area (Å²) in [6.45, 7) is 7.44. The minimum Gasteiger partial charge on any atom is -0.320 e. The number of nitrogens with one attached hydrogen (secondary N) is 1. The van der Waals surface area contributed by atoms with Gasteiger partial charge in [0.15, 0.2) is 0 Å². The van der Waals surface area contributed by atoms with Crippen LogP contribution in [0.5, 0.6) is 0 Å². The predicted octanol–water partition coefficient (Wildman–Crippen LogP) is 2.11. The predicted molar refractivity (Wildman–Crippen MR) is 62.6 cm³/mol. The van der Waals surface area contributed by atoms with Gasteiger partial charge in [-0.15, -0.1) is 0 Å². The first-order valence-corrected chi connectivity index (χ1v) is 6.23. The molecule has 14 heavy (non-hydrogen) atoms. The van der Waals surface area contributed by atoms with Crippen LogP contribution in [0.4, 0.5) is 0 Å². The van der Waals surface area contributed by atoms with Gasteiger partial charge in [0.25, 0.3) is 0 Å². The Morgan fingerprint density at radius 1 is 1.21 bits per heavy atom. The third-order valence-corrected chi connectivity index (χ3v) is 2.90. The molecule has 0 heterocycles. The Morgan fingerprint density at radius 2 is 2.00 bits per heavy atom. The van der Waals surface area contributed by atoms with Crippen molar-refractivity contribution in [1.29, 1.82) is 0 Å². The number of hydrogen-bond donors (Lipinski definition) is 1. The van der Waals surface area contributed by atoms with Gasteiger partial charge in [0.1, 0.15) is 0 Å². The third kappa shape index (κ3) is 5.61. The van der Waals surface area contributed by atoms with E-state index in [0.717, 1.165) is 5.92 Å². The molecule has 1 aliphatic rings. The van der Waals surface area contributed by atoms with Crippen LogP contribution in [0, 0.1) is 5.92 Å². The highest BCUT2D eigenvalue weighted by molar-refractivity contribution is 4.77. The van der Waals surface area contributed by atoms with Crippen molar-refractivity contribution in [3.05, 3.63) is 0 Å². The first-order chi connectivity index (χ1) is 6.86. The van der Waals surface area contributed by atoms with E-state index in [1.807, 2.05) is 7.05 Å². The van der Waals surface area contributed by atoms with E-state index in [0.29, 0.717) is 0 Å². The average molecular weight is 198 g/mol. The van der Waals surface area contributed by atoms with E-state index in [4.69, 9.17) is 0 Å². The van der Waals surface area contributed by atoms with Crippen LogP contribution in [0.1, 0.15) is 39.0 Å². The minimum atomic E-state index is 1.05. The molecule has 84 valence electrons. The van der Waals surface area contributed by atoms with Gasteiger partial charge in [-0.05, 0) is 64.7 Å². The van der Waals surface area contributed by atoms with E-state index in [9.17, 15) is 0 Å². The minimum absolute atomic E-state index is 1.05. The Bertz CT molecular complexity index is 132. The summed E-state index contributed by atoms with van der Waals surface area (Å²) in [5, 5.41) is 3.21. The molecule has 1 rings (SSSR count). The van der Waals surface area contributed by atoms with Crippen LogP contribution in [-0.4, -0.2) is 38.1 Å². The Morgan fingerprint density at radius 3 is 2.57 bits per heavy atom. The molecule has 0 aliphatic heterocycles. The molecule has 2 heteroatoms. The maximum Gasteiger partial charge on any atom is 0.000966 e. The maximum atomic E-state index is 3.21. The van der Waals surface area contributed by atoms with Crippen molar-refractivity contribution in [1.82, 2.24) is 10.2 Å². The van der Waals surface area contributed by atoms with E-state index >= 15 is 0 Å². The molecule has 0 aromatic rings. The van der Waals surface area contributed by atoms with Gasteiger partial charge >= 0.3 is 0 Å². The Balaban J connectivity index is 2.01. The first-order valence-electron chi connectivity index (χ1n) is 6.23. The molecule has 0 bridgehead atoms. The Hall–Kier alpha value is -0.0800. The number of nitrogens with zero attached hydrogens (tertiary/aromatic N) is 1. The van der Waals surface area contributed by atoms with Crippen molar-refractivity contribution in [3.8, 4) is 0 Å². The van der Waals surface area contributed by atoms with Crippen LogP contribution in [0.3, 0.4) is 0 Å². The lowest BCUT2D eigenvalue weighted by atomic mass is 10.2.